The Hall–Kier alpha value is -0.0800. The van der Waals surface area contributed by atoms with E-state index in [2.05, 4.69) is 31.0 Å². The van der Waals surface area contributed by atoms with Crippen LogP contribution in [0.3, 0.4) is 0 Å². The molecule has 0 radical (unpaired) electrons. The molecule has 2 nitrogen and oxygen atoms in total. The topological polar surface area (TPSA) is 15.3 Å². The summed E-state index contributed by atoms with van der Waals surface area (Å²) in [5.74, 6) is 1.83. The highest BCUT2D eigenvalue weighted by atomic mass is 15.1. The first-order valence-electron chi connectivity index (χ1n) is 8.15. The molecular weight excluding hydrogens is 220 g/mol. The van der Waals surface area contributed by atoms with Crippen molar-refractivity contribution in [3.05, 3.63) is 0 Å². The van der Waals surface area contributed by atoms with Crippen molar-refractivity contribution in [1.82, 2.24) is 10.2 Å². The predicted molar refractivity (Wildman–Crippen MR) is 81.0 cm³/mol. The smallest absolute Gasteiger partial charge is 0.000954 e. The van der Waals surface area contributed by atoms with E-state index in [9.17, 15) is 0 Å². The minimum absolute atomic E-state index is 0.783. The summed E-state index contributed by atoms with van der Waals surface area (Å²) in [5.41, 5.74) is 0. The third kappa shape index (κ3) is 8.93. The van der Waals surface area contributed by atoms with Gasteiger partial charge in [0.1, 0.15) is 0 Å². The molecule has 0 aromatic carbocycles. The van der Waals surface area contributed by atoms with Crippen LogP contribution in [0.4, 0.5) is 0 Å². The van der Waals surface area contributed by atoms with Crippen LogP contribution in [0.1, 0.15) is 59.3 Å². The van der Waals surface area contributed by atoms with Crippen LogP contribution in [0.5, 0.6) is 0 Å². The molecule has 0 saturated heterocycles. The van der Waals surface area contributed by atoms with Gasteiger partial charge in [-0.25, -0.2) is 0 Å². The molecule has 1 aliphatic rings. The summed E-state index contributed by atoms with van der Waals surface area (Å²) in [6, 6.07) is 0. The standard InChI is InChI=1S/C16H34N2/c1-4-18(14-16-9-10-16)12-8-6-5-7-11-17-13-15(2)3/h15-17H,4-14H2,1-3H3. The number of nitrogens with zero attached hydrogens (tertiary/aromatic N) is 1. The summed E-state index contributed by atoms with van der Waals surface area (Å²) < 4.78 is 0. The molecule has 0 atom stereocenters. The molecule has 0 aromatic rings. The molecule has 0 unspecified atom stereocenters. The second kappa shape index (κ2) is 9.80. The number of hydrogen-bond donors (Lipinski definition) is 1. The molecule has 1 fully saturated rings. The summed E-state index contributed by atoms with van der Waals surface area (Å²) in [4.78, 5) is 2.65. The largest absolute Gasteiger partial charge is 0.316 e. The molecule has 0 aromatic heterocycles. The summed E-state index contributed by atoms with van der Waals surface area (Å²) in [6.07, 6.45) is 8.51. The maximum Gasteiger partial charge on any atom is 0.000954 e. The zero-order valence-electron chi connectivity index (χ0n) is 12.9. The summed E-state index contributed by atoms with van der Waals surface area (Å²) in [5, 5.41) is 3.52. The van der Waals surface area contributed by atoms with Gasteiger partial charge in [0.2, 0.25) is 0 Å². The number of rotatable bonds is 12. The average molecular weight is 254 g/mol. The summed E-state index contributed by atoms with van der Waals surface area (Å²) >= 11 is 0. The molecule has 0 spiro atoms. The molecule has 108 valence electrons. The molecule has 18 heavy (non-hydrogen) atoms. The number of hydrogen-bond acceptors (Lipinski definition) is 2. The lowest BCUT2D eigenvalue weighted by atomic mass is 10.1. The molecule has 0 aliphatic heterocycles. The van der Waals surface area contributed by atoms with E-state index >= 15 is 0 Å². The van der Waals surface area contributed by atoms with E-state index in [0.717, 1.165) is 11.8 Å². The van der Waals surface area contributed by atoms with Gasteiger partial charge in [-0.1, -0.05) is 33.6 Å². The number of nitrogens with one attached hydrogen (secondary N) is 1. The summed E-state index contributed by atoms with van der Waals surface area (Å²) in [7, 11) is 0. The Bertz CT molecular complexity index is 188. The first-order valence-corrected chi connectivity index (χ1v) is 8.15. The molecule has 0 heterocycles. The Kier molecular flexibility index (Phi) is 8.70. The minimum Gasteiger partial charge on any atom is -0.316 e. The number of unbranched alkanes of at least 4 members (excludes halogenated alkanes) is 3. The highest BCUT2D eigenvalue weighted by Gasteiger charge is 2.23. The Morgan fingerprint density at radius 2 is 1.83 bits per heavy atom. The Labute approximate surface area is 115 Å². The second-order valence-electron chi connectivity index (χ2n) is 6.35. The van der Waals surface area contributed by atoms with E-state index in [1.54, 1.807) is 0 Å². The SMILES string of the molecule is CCN(CCCCCCNCC(C)C)CC1CC1. The van der Waals surface area contributed by atoms with Gasteiger partial charge in [-0.2, -0.15) is 0 Å². The van der Waals surface area contributed by atoms with Crippen LogP contribution in [0, 0.1) is 11.8 Å². The highest BCUT2D eigenvalue weighted by molar-refractivity contribution is 4.76. The average Bonchev–Trinajstić information content (AvgIpc) is 3.14. The molecule has 2 heteroatoms. The van der Waals surface area contributed by atoms with E-state index in [4.69, 9.17) is 0 Å². The van der Waals surface area contributed by atoms with Crippen molar-refractivity contribution >= 4 is 0 Å². The lowest BCUT2D eigenvalue weighted by Crippen LogP contribution is -2.26. The molecule has 1 saturated carbocycles. The van der Waals surface area contributed by atoms with E-state index in [1.807, 2.05) is 0 Å². The van der Waals surface area contributed by atoms with E-state index < -0.39 is 0 Å². The van der Waals surface area contributed by atoms with Gasteiger partial charge < -0.3 is 10.2 Å². The predicted octanol–water partition coefficient (Wildman–Crippen LogP) is 3.52. The van der Waals surface area contributed by atoms with Gasteiger partial charge in [0.05, 0.1) is 0 Å². The van der Waals surface area contributed by atoms with Gasteiger partial charge >= 0.3 is 0 Å². The van der Waals surface area contributed by atoms with Gasteiger partial charge in [-0.3, -0.25) is 0 Å². The van der Waals surface area contributed by atoms with E-state index in [-0.39, 0.29) is 0 Å². The van der Waals surface area contributed by atoms with Crippen LogP contribution >= 0.6 is 0 Å². The van der Waals surface area contributed by atoms with Gasteiger partial charge in [0, 0.05) is 6.54 Å². The highest BCUT2D eigenvalue weighted by Crippen LogP contribution is 2.29. The fourth-order valence-corrected chi connectivity index (χ4v) is 2.37. The van der Waals surface area contributed by atoms with Crippen molar-refractivity contribution in [2.45, 2.75) is 59.3 Å². The zero-order valence-corrected chi connectivity index (χ0v) is 12.9. The molecule has 1 rings (SSSR count). The van der Waals surface area contributed by atoms with E-state index in [1.165, 1.54) is 71.2 Å². The maximum atomic E-state index is 3.52. The van der Waals surface area contributed by atoms with Crippen molar-refractivity contribution in [3.63, 3.8) is 0 Å². The van der Waals surface area contributed by atoms with Crippen LogP contribution in [0.15, 0.2) is 0 Å². The van der Waals surface area contributed by atoms with Crippen LogP contribution in [0.25, 0.3) is 0 Å². The van der Waals surface area contributed by atoms with Crippen molar-refractivity contribution in [2.75, 3.05) is 32.7 Å². The van der Waals surface area contributed by atoms with Crippen LogP contribution < -0.4 is 5.32 Å². The lowest BCUT2D eigenvalue weighted by molar-refractivity contribution is 0.269. The van der Waals surface area contributed by atoms with Crippen molar-refractivity contribution in [3.8, 4) is 0 Å². The van der Waals surface area contributed by atoms with Gasteiger partial charge in [-0.05, 0) is 63.7 Å². The van der Waals surface area contributed by atoms with Crippen LogP contribution in [-0.4, -0.2) is 37.6 Å². The first-order chi connectivity index (χ1) is 8.72. The third-order valence-electron chi connectivity index (χ3n) is 3.79. The fourth-order valence-electron chi connectivity index (χ4n) is 2.37. The fraction of sp³-hybridized carbons (Fsp3) is 1.00. The van der Waals surface area contributed by atoms with Crippen molar-refractivity contribution < 1.29 is 0 Å². The van der Waals surface area contributed by atoms with Crippen LogP contribution in [-0.2, 0) is 0 Å². The monoisotopic (exact) mass is 254 g/mol. The van der Waals surface area contributed by atoms with Gasteiger partial charge in [-0.15, -0.1) is 0 Å². The molecule has 1 N–H and O–H groups in total. The maximum absolute atomic E-state index is 3.52. The van der Waals surface area contributed by atoms with Crippen molar-refractivity contribution in [2.24, 2.45) is 11.8 Å². The molecule has 1 aliphatic carbocycles. The minimum atomic E-state index is 0.783. The van der Waals surface area contributed by atoms with E-state index in [0.29, 0.717) is 0 Å². The quantitative estimate of drug-likeness (QED) is 0.536. The van der Waals surface area contributed by atoms with Gasteiger partial charge in [0.25, 0.3) is 0 Å². The molecule has 0 bridgehead atoms. The molecular formula is C16H34N2. The van der Waals surface area contributed by atoms with Crippen LogP contribution in [0.2, 0.25) is 0 Å². The first kappa shape index (κ1) is 16.0. The van der Waals surface area contributed by atoms with Crippen molar-refractivity contribution in [1.29, 1.82) is 0 Å². The lowest BCUT2D eigenvalue weighted by Gasteiger charge is -2.19. The Morgan fingerprint density at radius 3 is 2.44 bits per heavy atom. The van der Waals surface area contributed by atoms with Gasteiger partial charge in [0.15, 0.2) is 0 Å². The Morgan fingerprint density at radius 1 is 1.11 bits per heavy atom. The Balaban J connectivity index is 1.81. The normalized spacial score (nSPS) is 15.8. The zero-order chi connectivity index (χ0) is 13.2. The second-order valence-corrected chi connectivity index (χ2v) is 6.35. The molecule has 0 amide bonds. The third-order valence-corrected chi connectivity index (χ3v) is 3.79. The summed E-state index contributed by atoms with van der Waals surface area (Å²) in [6.45, 7) is 13.2.